The van der Waals surface area contributed by atoms with Crippen molar-refractivity contribution in [3.05, 3.63) is 0 Å². The fourth-order valence-corrected chi connectivity index (χ4v) is 3.27. The lowest BCUT2D eigenvalue weighted by atomic mass is 10.0. The van der Waals surface area contributed by atoms with Crippen molar-refractivity contribution in [3.8, 4) is 0 Å². The van der Waals surface area contributed by atoms with Crippen LogP contribution in [0.15, 0.2) is 4.99 Å². The number of nitrogens with one attached hydrogen (secondary N) is 1. The van der Waals surface area contributed by atoms with Crippen LogP contribution in [0.5, 0.6) is 0 Å². The van der Waals surface area contributed by atoms with Gasteiger partial charge in [0.1, 0.15) is 0 Å². The summed E-state index contributed by atoms with van der Waals surface area (Å²) in [7, 11) is 1.72. The highest BCUT2D eigenvalue weighted by molar-refractivity contribution is 14.0. The zero-order valence-corrected chi connectivity index (χ0v) is 17.1. The van der Waals surface area contributed by atoms with Crippen molar-refractivity contribution in [2.75, 3.05) is 40.0 Å². The summed E-state index contributed by atoms with van der Waals surface area (Å²) < 4.78 is 10.9. The van der Waals surface area contributed by atoms with Crippen LogP contribution in [-0.4, -0.2) is 63.0 Å². The van der Waals surface area contributed by atoms with Crippen LogP contribution in [0.2, 0.25) is 0 Å². The minimum atomic E-state index is 0. The molecule has 22 heavy (non-hydrogen) atoms. The van der Waals surface area contributed by atoms with Gasteiger partial charge in [0.15, 0.2) is 5.96 Å². The zero-order chi connectivity index (χ0) is 15.7. The molecule has 0 radical (unpaired) electrons. The Hall–Kier alpha value is -0.0800. The maximum atomic E-state index is 5.73. The molecule has 1 aliphatic carbocycles. The third kappa shape index (κ3) is 3.87. The number of ether oxygens (including phenoxy) is 2. The lowest BCUT2D eigenvalue weighted by Crippen LogP contribution is -2.52. The molecule has 6 heteroatoms. The molecule has 2 fully saturated rings. The van der Waals surface area contributed by atoms with Crippen LogP contribution in [0.25, 0.3) is 0 Å². The Kier molecular flexibility index (Phi) is 6.95. The quantitative estimate of drug-likeness (QED) is 0.427. The fourth-order valence-electron chi connectivity index (χ4n) is 3.27. The first kappa shape index (κ1) is 20.0. The molecule has 1 heterocycles. The van der Waals surface area contributed by atoms with E-state index in [1.807, 2.05) is 0 Å². The molecule has 0 spiro atoms. The van der Waals surface area contributed by atoms with Crippen molar-refractivity contribution < 1.29 is 9.47 Å². The SMILES string of the molecule is CCN=C(NC1C(C)(C)C1(C)C)N1CCOC(COC)C1.I. The van der Waals surface area contributed by atoms with E-state index in [-0.39, 0.29) is 30.1 Å². The monoisotopic (exact) mass is 425 g/mol. The summed E-state index contributed by atoms with van der Waals surface area (Å²) in [5, 5.41) is 3.68. The Morgan fingerprint density at radius 2 is 1.95 bits per heavy atom. The molecule has 2 aliphatic rings. The Labute approximate surface area is 152 Å². The number of halogens is 1. The average Bonchev–Trinajstić information content (AvgIpc) is 2.81. The van der Waals surface area contributed by atoms with Crippen LogP contribution in [0.3, 0.4) is 0 Å². The second kappa shape index (κ2) is 7.66. The molecule has 1 N–H and O–H groups in total. The second-order valence-corrected chi connectivity index (χ2v) is 7.21. The topological polar surface area (TPSA) is 46.1 Å². The summed E-state index contributed by atoms with van der Waals surface area (Å²) in [5.41, 5.74) is 0.611. The average molecular weight is 425 g/mol. The van der Waals surface area contributed by atoms with Gasteiger partial charge in [0.25, 0.3) is 0 Å². The number of hydrogen-bond acceptors (Lipinski definition) is 3. The number of morpholine rings is 1. The van der Waals surface area contributed by atoms with Crippen LogP contribution in [0, 0.1) is 10.8 Å². The van der Waals surface area contributed by atoms with Gasteiger partial charge in [0.05, 0.1) is 19.3 Å². The lowest BCUT2D eigenvalue weighted by molar-refractivity contribution is -0.0448. The molecular formula is C16H32IN3O2. The molecule has 1 saturated carbocycles. The summed E-state index contributed by atoms with van der Waals surface area (Å²) in [6, 6.07) is 0.471. The molecule has 1 saturated heterocycles. The third-order valence-corrected chi connectivity index (χ3v) is 5.39. The van der Waals surface area contributed by atoms with Gasteiger partial charge in [-0.05, 0) is 17.8 Å². The summed E-state index contributed by atoms with van der Waals surface area (Å²) in [5.74, 6) is 1.02. The van der Waals surface area contributed by atoms with Crippen molar-refractivity contribution >= 4 is 29.9 Å². The van der Waals surface area contributed by atoms with Crippen LogP contribution >= 0.6 is 24.0 Å². The van der Waals surface area contributed by atoms with Gasteiger partial charge in [-0.1, -0.05) is 27.7 Å². The van der Waals surface area contributed by atoms with Gasteiger partial charge in [-0.15, -0.1) is 24.0 Å². The van der Waals surface area contributed by atoms with Gasteiger partial charge < -0.3 is 19.7 Å². The van der Waals surface area contributed by atoms with Crippen LogP contribution in [-0.2, 0) is 9.47 Å². The van der Waals surface area contributed by atoms with Gasteiger partial charge in [-0.2, -0.15) is 0 Å². The number of methoxy groups -OCH3 is 1. The lowest BCUT2D eigenvalue weighted by Gasteiger charge is -2.35. The number of nitrogens with zero attached hydrogens (tertiary/aromatic N) is 2. The smallest absolute Gasteiger partial charge is 0.194 e. The van der Waals surface area contributed by atoms with Gasteiger partial charge in [0, 0.05) is 32.8 Å². The largest absolute Gasteiger partial charge is 0.382 e. The normalized spacial score (nSPS) is 27.3. The molecule has 5 nitrogen and oxygen atoms in total. The maximum absolute atomic E-state index is 5.73. The van der Waals surface area contributed by atoms with E-state index in [0.717, 1.165) is 32.2 Å². The van der Waals surface area contributed by atoms with Crippen molar-refractivity contribution in [3.63, 3.8) is 0 Å². The van der Waals surface area contributed by atoms with Gasteiger partial charge in [-0.3, -0.25) is 4.99 Å². The van der Waals surface area contributed by atoms with Crippen molar-refractivity contribution in [2.24, 2.45) is 15.8 Å². The van der Waals surface area contributed by atoms with Gasteiger partial charge in [-0.25, -0.2) is 0 Å². The molecule has 0 aromatic rings. The summed E-state index contributed by atoms with van der Waals surface area (Å²) in [6.07, 6.45) is 0.132. The van der Waals surface area contributed by atoms with E-state index in [0.29, 0.717) is 23.5 Å². The first-order valence-electron chi connectivity index (χ1n) is 8.01. The molecule has 0 aromatic heterocycles. The molecule has 2 rings (SSSR count). The highest BCUT2D eigenvalue weighted by atomic mass is 127. The third-order valence-electron chi connectivity index (χ3n) is 5.39. The molecule has 1 unspecified atom stereocenters. The van der Waals surface area contributed by atoms with Crippen LogP contribution < -0.4 is 5.32 Å². The van der Waals surface area contributed by atoms with Crippen molar-refractivity contribution in [2.45, 2.75) is 46.8 Å². The van der Waals surface area contributed by atoms with Crippen molar-refractivity contribution in [1.29, 1.82) is 0 Å². The molecule has 1 atom stereocenters. The van der Waals surface area contributed by atoms with Gasteiger partial charge >= 0.3 is 0 Å². The Morgan fingerprint density at radius 1 is 1.32 bits per heavy atom. The molecule has 0 bridgehead atoms. The predicted octanol–water partition coefficient (Wildman–Crippen LogP) is 2.35. The number of rotatable bonds is 4. The van der Waals surface area contributed by atoms with E-state index in [1.54, 1.807) is 7.11 Å². The van der Waals surface area contributed by atoms with E-state index in [4.69, 9.17) is 9.47 Å². The standard InChI is InChI=1S/C16H31N3O2.HI/c1-7-17-14(18-13-15(2,3)16(13,4)5)19-8-9-21-12(10-19)11-20-6;/h12-13H,7-11H2,1-6H3,(H,17,18);1H. The minimum Gasteiger partial charge on any atom is -0.382 e. The van der Waals surface area contributed by atoms with E-state index in [1.165, 1.54) is 0 Å². The van der Waals surface area contributed by atoms with E-state index in [2.05, 4.69) is 49.8 Å². The highest BCUT2D eigenvalue weighted by Gasteiger charge is 2.65. The van der Waals surface area contributed by atoms with E-state index in [9.17, 15) is 0 Å². The zero-order valence-electron chi connectivity index (χ0n) is 14.8. The van der Waals surface area contributed by atoms with E-state index < -0.39 is 0 Å². The Morgan fingerprint density at radius 3 is 2.45 bits per heavy atom. The molecule has 0 amide bonds. The fraction of sp³-hybridized carbons (Fsp3) is 0.938. The minimum absolute atomic E-state index is 0. The molecule has 130 valence electrons. The summed E-state index contributed by atoms with van der Waals surface area (Å²) in [6.45, 7) is 15.3. The van der Waals surface area contributed by atoms with Crippen molar-refractivity contribution in [1.82, 2.24) is 10.2 Å². The first-order valence-corrected chi connectivity index (χ1v) is 8.01. The molecule has 1 aliphatic heterocycles. The molecule has 0 aromatic carbocycles. The predicted molar refractivity (Wildman–Crippen MR) is 101 cm³/mol. The second-order valence-electron chi connectivity index (χ2n) is 7.21. The summed E-state index contributed by atoms with van der Waals surface area (Å²) in [4.78, 5) is 7.00. The Balaban J connectivity index is 0.00000242. The van der Waals surface area contributed by atoms with Crippen LogP contribution in [0.1, 0.15) is 34.6 Å². The number of hydrogen-bond donors (Lipinski definition) is 1. The van der Waals surface area contributed by atoms with Crippen LogP contribution in [0.4, 0.5) is 0 Å². The Bertz CT molecular complexity index is 383. The molecular weight excluding hydrogens is 393 g/mol. The maximum Gasteiger partial charge on any atom is 0.194 e. The first-order chi connectivity index (χ1) is 9.84. The van der Waals surface area contributed by atoms with E-state index >= 15 is 0 Å². The summed E-state index contributed by atoms with van der Waals surface area (Å²) >= 11 is 0. The number of guanidine groups is 1. The highest BCUT2D eigenvalue weighted by Crippen LogP contribution is 2.62. The number of aliphatic imine (C=N–C) groups is 1. The van der Waals surface area contributed by atoms with Gasteiger partial charge in [0.2, 0.25) is 0 Å².